The van der Waals surface area contributed by atoms with Gasteiger partial charge in [-0.05, 0) is 24.6 Å². The molecule has 1 aromatic carbocycles. The third-order valence-corrected chi connectivity index (χ3v) is 3.07. The molecule has 4 heteroatoms. The molecule has 2 heterocycles. The minimum atomic E-state index is 0.707. The number of hydrogen-bond donors (Lipinski definition) is 1. The lowest BCUT2D eigenvalue weighted by Gasteiger charge is -2.06. The van der Waals surface area contributed by atoms with Crippen molar-refractivity contribution >= 4 is 10.9 Å². The van der Waals surface area contributed by atoms with Gasteiger partial charge in [0.05, 0.1) is 18.3 Å². The van der Waals surface area contributed by atoms with Crippen molar-refractivity contribution in [3.8, 4) is 0 Å². The number of nitrogens with zero attached hydrogens (tertiary/aromatic N) is 2. The molecule has 0 atom stereocenters. The lowest BCUT2D eigenvalue weighted by Crippen LogP contribution is -2.16. The van der Waals surface area contributed by atoms with Gasteiger partial charge in [0, 0.05) is 11.6 Å². The molecule has 3 rings (SSSR count). The van der Waals surface area contributed by atoms with Crippen molar-refractivity contribution < 1.29 is 4.42 Å². The summed E-state index contributed by atoms with van der Waals surface area (Å²) in [4.78, 5) is 8.34. The summed E-state index contributed by atoms with van der Waals surface area (Å²) in [5.41, 5.74) is 2.36. The van der Waals surface area contributed by atoms with Crippen LogP contribution in [-0.4, -0.2) is 16.5 Å². The van der Waals surface area contributed by atoms with Crippen molar-refractivity contribution in [2.24, 2.45) is 0 Å². The molecule has 0 aliphatic carbocycles. The minimum absolute atomic E-state index is 0.707. The van der Waals surface area contributed by atoms with Crippen LogP contribution >= 0.6 is 0 Å². The Kier molecular flexibility index (Phi) is 3.51. The van der Waals surface area contributed by atoms with Gasteiger partial charge in [0.25, 0.3) is 0 Å². The average Bonchev–Trinajstić information content (AvgIpc) is 2.97. The number of rotatable bonds is 5. The zero-order valence-corrected chi connectivity index (χ0v) is 10.5. The van der Waals surface area contributed by atoms with E-state index in [1.165, 1.54) is 17.3 Å². The molecule has 0 fully saturated rings. The lowest BCUT2D eigenvalue weighted by molar-refractivity contribution is 0.480. The molecule has 0 bridgehead atoms. The largest absolute Gasteiger partial charge is 0.447 e. The zero-order chi connectivity index (χ0) is 12.9. The normalized spacial score (nSPS) is 10.9. The van der Waals surface area contributed by atoms with Gasteiger partial charge in [0.2, 0.25) is 0 Å². The average molecular weight is 253 g/mol. The quantitative estimate of drug-likeness (QED) is 0.710. The zero-order valence-electron chi connectivity index (χ0n) is 10.5. The Morgan fingerprint density at radius 3 is 3.00 bits per heavy atom. The highest BCUT2D eigenvalue weighted by Crippen LogP contribution is 2.15. The van der Waals surface area contributed by atoms with Gasteiger partial charge in [-0.15, -0.1) is 0 Å². The van der Waals surface area contributed by atoms with Crippen LogP contribution in [0.1, 0.15) is 11.3 Å². The molecule has 0 radical (unpaired) electrons. The van der Waals surface area contributed by atoms with Gasteiger partial charge < -0.3 is 9.73 Å². The van der Waals surface area contributed by atoms with Crippen LogP contribution in [0.2, 0.25) is 0 Å². The summed E-state index contributed by atoms with van der Waals surface area (Å²) in [5.74, 6) is 0.857. The van der Waals surface area contributed by atoms with E-state index in [4.69, 9.17) is 4.42 Å². The monoisotopic (exact) mass is 253 g/mol. The molecular weight excluding hydrogens is 238 g/mol. The molecule has 0 unspecified atom stereocenters. The Hall–Kier alpha value is -2.20. The molecule has 2 aromatic heterocycles. The predicted molar refractivity (Wildman–Crippen MR) is 73.7 cm³/mol. The number of hydrogen-bond acceptors (Lipinski definition) is 4. The Bertz CT molecular complexity index is 644. The molecule has 96 valence electrons. The maximum absolute atomic E-state index is 5.17. The highest BCUT2D eigenvalue weighted by molar-refractivity contribution is 5.81. The molecule has 0 aliphatic heterocycles. The van der Waals surface area contributed by atoms with Crippen LogP contribution in [0.15, 0.2) is 53.5 Å². The first-order chi connectivity index (χ1) is 9.43. The van der Waals surface area contributed by atoms with E-state index in [0.717, 1.165) is 24.2 Å². The van der Waals surface area contributed by atoms with Crippen LogP contribution in [0.5, 0.6) is 0 Å². The Morgan fingerprint density at radius 1 is 1.16 bits per heavy atom. The fraction of sp³-hybridized carbons (Fsp3) is 0.200. The Balaban J connectivity index is 1.62. The third kappa shape index (κ3) is 2.80. The van der Waals surface area contributed by atoms with E-state index in [1.807, 2.05) is 12.3 Å². The molecule has 0 saturated carbocycles. The standard InChI is InChI=1S/C15H15N3O/c1-3-12-5-2-7-18-15(12)13(4-1)6-8-16-9-14-10-17-11-19-14/h1-5,7,10-11,16H,6,8-9H2. The van der Waals surface area contributed by atoms with E-state index in [1.54, 1.807) is 6.20 Å². The van der Waals surface area contributed by atoms with Crippen LogP contribution < -0.4 is 5.32 Å². The summed E-state index contributed by atoms with van der Waals surface area (Å²) in [5, 5.41) is 4.53. The molecular formula is C15H15N3O. The summed E-state index contributed by atoms with van der Waals surface area (Å²) in [6.45, 7) is 1.59. The van der Waals surface area contributed by atoms with Crippen molar-refractivity contribution in [3.63, 3.8) is 0 Å². The van der Waals surface area contributed by atoms with E-state index in [9.17, 15) is 0 Å². The summed E-state index contributed by atoms with van der Waals surface area (Å²) >= 11 is 0. The minimum Gasteiger partial charge on any atom is -0.447 e. The fourth-order valence-electron chi connectivity index (χ4n) is 2.13. The molecule has 0 saturated heterocycles. The van der Waals surface area contributed by atoms with E-state index in [2.05, 4.69) is 39.6 Å². The van der Waals surface area contributed by atoms with Crippen molar-refractivity contribution in [2.45, 2.75) is 13.0 Å². The van der Waals surface area contributed by atoms with E-state index >= 15 is 0 Å². The molecule has 1 N–H and O–H groups in total. The second-order valence-corrected chi connectivity index (χ2v) is 4.39. The molecule has 3 aromatic rings. The second-order valence-electron chi connectivity index (χ2n) is 4.39. The van der Waals surface area contributed by atoms with Crippen LogP contribution in [0.4, 0.5) is 0 Å². The SMILES string of the molecule is c1cnc2c(CCNCc3cnco3)cccc2c1. The van der Waals surface area contributed by atoms with Crippen molar-refractivity contribution in [3.05, 3.63) is 60.4 Å². The first kappa shape index (κ1) is 11.9. The maximum atomic E-state index is 5.17. The van der Waals surface area contributed by atoms with Crippen LogP contribution in [0.25, 0.3) is 10.9 Å². The molecule has 0 amide bonds. The molecule has 19 heavy (non-hydrogen) atoms. The van der Waals surface area contributed by atoms with Gasteiger partial charge in [-0.3, -0.25) is 4.98 Å². The number of fused-ring (bicyclic) bond motifs is 1. The van der Waals surface area contributed by atoms with Crippen molar-refractivity contribution in [2.75, 3.05) is 6.54 Å². The summed E-state index contributed by atoms with van der Waals surface area (Å²) in [7, 11) is 0. The second kappa shape index (κ2) is 5.63. The number of benzene rings is 1. The van der Waals surface area contributed by atoms with Gasteiger partial charge in [-0.2, -0.15) is 0 Å². The fourth-order valence-corrected chi connectivity index (χ4v) is 2.13. The van der Waals surface area contributed by atoms with Gasteiger partial charge in [0.15, 0.2) is 6.39 Å². The first-order valence-electron chi connectivity index (χ1n) is 6.34. The number of pyridine rings is 1. The first-order valence-corrected chi connectivity index (χ1v) is 6.34. The number of para-hydroxylation sites is 1. The third-order valence-electron chi connectivity index (χ3n) is 3.07. The smallest absolute Gasteiger partial charge is 0.180 e. The van der Waals surface area contributed by atoms with Crippen LogP contribution in [0, 0.1) is 0 Å². The summed E-state index contributed by atoms with van der Waals surface area (Å²) in [6.07, 6.45) is 5.97. The Morgan fingerprint density at radius 2 is 2.11 bits per heavy atom. The summed E-state index contributed by atoms with van der Waals surface area (Å²) in [6, 6.07) is 10.4. The number of aromatic nitrogens is 2. The predicted octanol–water partition coefficient (Wildman–Crippen LogP) is 2.56. The van der Waals surface area contributed by atoms with Gasteiger partial charge >= 0.3 is 0 Å². The molecule has 0 aliphatic rings. The van der Waals surface area contributed by atoms with Gasteiger partial charge in [-0.25, -0.2) is 4.98 Å². The number of nitrogens with one attached hydrogen (secondary N) is 1. The lowest BCUT2D eigenvalue weighted by atomic mass is 10.1. The highest BCUT2D eigenvalue weighted by atomic mass is 16.3. The maximum Gasteiger partial charge on any atom is 0.180 e. The van der Waals surface area contributed by atoms with Gasteiger partial charge in [0.1, 0.15) is 5.76 Å². The Labute approximate surface area is 111 Å². The van der Waals surface area contributed by atoms with Crippen molar-refractivity contribution in [1.29, 1.82) is 0 Å². The van der Waals surface area contributed by atoms with Crippen LogP contribution in [-0.2, 0) is 13.0 Å². The van der Waals surface area contributed by atoms with E-state index < -0.39 is 0 Å². The highest BCUT2D eigenvalue weighted by Gasteiger charge is 2.01. The van der Waals surface area contributed by atoms with Gasteiger partial charge in [-0.1, -0.05) is 24.3 Å². The summed E-state index contributed by atoms with van der Waals surface area (Å²) < 4.78 is 5.17. The topological polar surface area (TPSA) is 51.0 Å². The van der Waals surface area contributed by atoms with Crippen molar-refractivity contribution in [1.82, 2.24) is 15.3 Å². The van der Waals surface area contributed by atoms with Crippen LogP contribution in [0.3, 0.4) is 0 Å². The molecule has 0 spiro atoms. The number of oxazole rings is 1. The van der Waals surface area contributed by atoms with E-state index in [0.29, 0.717) is 6.54 Å². The molecule has 4 nitrogen and oxygen atoms in total. The van der Waals surface area contributed by atoms with E-state index in [-0.39, 0.29) is 0 Å².